The third kappa shape index (κ3) is 1.88. The minimum atomic E-state index is 0.448. The Morgan fingerprint density at radius 1 is 1.11 bits per heavy atom. The van der Waals surface area contributed by atoms with Crippen molar-refractivity contribution in [1.29, 1.82) is 0 Å². The quantitative estimate of drug-likeness (QED) is 0.872. The molecule has 0 atom stereocenters. The second-order valence-electron chi connectivity index (χ2n) is 4.14. The minimum Gasteiger partial charge on any atom is -0.493 e. The van der Waals surface area contributed by atoms with Gasteiger partial charge in [0.1, 0.15) is 5.82 Å². The molecule has 0 bridgehead atoms. The predicted octanol–water partition coefficient (Wildman–Crippen LogP) is 2.29. The van der Waals surface area contributed by atoms with Gasteiger partial charge in [-0.25, -0.2) is 0 Å². The number of nitrogens with zero attached hydrogens (tertiary/aromatic N) is 1. The number of nitrogens with one attached hydrogen (secondary N) is 1. The Labute approximate surface area is 106 Å². The van der Waals surface area contributed by atoms with Crippen molar-refractivity contribution in [3.05, 3.63) is 23.3 Å². The summed E-state index contributed by atoms with van der Waals surface area (Å²) in [5.41, 5.74) is 9.51. The zero-order valence-electron chi connectivity index (χ0n) is 11.0. The minimum absolute atomic E-state index is 0.448. The van der Waals surface area contributed by atoms with Gasteiger partial charge in [-0.1, -0.05) is 0 Å². The summed E-state index contributed by atoms with van der Waals surface area (Å²) in [4.78, 5) is 0. The number of hydrogen-bond donors (Lipinski definition) is 2. The number of rotatable bonds is 3. The number of benzene rings is 1. The number of nitrogen functional groups attached to an aromatic ring is 1. The van der Waals surface area contributed by atoms with Gasteiger partial charge in [0.15, 0.2) is 11.5 Å². The Balaban J connectivity index is 2.70. The molecule has 5 nitrogen and oxygen atoms in total. The largest absolute Gasteiger partial charge is 0.493 e. The average Bonchev–Trinajstić information content (AvgIpc) is 2.78. The van der Waals surface area contributed by atoms with Crippen molar-refractivity contribution >= 4 is 5.82 Å². The van der Waals surface area contributed by atoms with Crippen LogP contribution in [0.15, 0.2) is 12.1 Å². The van der Waals surface area contributed by atoms with Crippen molar-refractivity contribution in [2.24, 2.45) is 0 Å². The van der Waals surface area contributed by atoms with Crippen LogP contribution in [0.4, 0.5) is 5.82 Å². The molecule has 3 N–H and O–H groups in total. The first-order valence-corrected chi connectivity index (χ1v) is 5.62. The Hall–Kier alpha value is -2.17. The molecular weight excluding hydrogens is 230 g/mol. The first-order chi connectivity index (χ1) is 8.58. The highest BCUT2D eigenvalue weighted by atomic mass is 16.5. The molecule has 0 radical (unpaired) electrons. The summed E-state index contributed by atoms with van der Waals surface area (Å²) in [6.45, 7) is 4.03. The molecule has 2 aromatic rings. The molecule has 1 heterocycles. The fraction of sp³-hybridized carbons (Fsp3) is 0.308. The second kappa shape index (κ2) is 4.60. The standard InChI is InChI=1S/C13H17N3O2/c1-7-5-9(10-6-11(14)16-15-10)13(18-4)12(17-3)8(7)2/h5-6H,1-4H3,(H3,14,15,16). The van der Waals surface area contributed by atoms with Gasteiger partial charge in [-0.3, -0.25) is 5.10 Å². The molecule has 0 saturated heterocycles. The van der Waals surface area contributed by atoms with Gasteiger partial charge >= 0.3 is 0 Å². The van der Waals surface area contributed by atoms with Crippen molar-refractivity contribution in [3.8, 4) is 22.8 Å². The lowest BCUT2D eigenvalue weighted by Gasteiger charge is -2.16. The zero-order valence-corrected chi connectivity index (χ0v) is 11.0. The van der Waals surface area contributed by atoms with Crippen LogP contribution >= 0.6 is 0 Å². The number of methoxy groups -OCH3 is 2. The summed E-state index contributed by atoms with van der Waals surface area (Å²) in [5.74, 6) is 1.87. The lowest BCUT2D eigenvalue weighted by atomic mass is 10.0. The fourth-order valence-electron chi connectivity index (χ4n) is 1.99. The molecule has 0 amide bonds. The van der Waals surface area contributed by atoms with Crippen LogP contribution in [0.5, 0.6) is 11.5 Å². The topological polar surface area (TPSA) is 73.2 Å². The third-order valence-corrected chi connectivity index (χ3v) is 3.04. The molecule has 96 valence electrons. The van der Waals surface area contributed by atoms with Crippen LogP contribution in [0.25, 0.3) is 11.3 Å². The smallest absolute Gasteiger partial charge is 0.170 e. The lowest BCUT2D eigenvalue weighted by molar-refractivity contribution is 0.353. The summed E-state index contributed by atoms with van der Waals surface area (Å²) < 4.78 is 10.9. The number of aromatic nitrogens is 2. The first-order valence-electron chi connectivity index (χ1n) is 5.62. The van der Waals surface area contributed by atoms with E-state index in [-0.39, 0.29) is 0 Å². The van der Waals surface area contributed by atoms with Gasteiger partial charge in [0.2, 0.25) is 0 Å². The van der Waals surface area contributed by atoms with Crippen LogP contribution < -0.4 is 15.2 Å². The Morgan fingerprint density at radius 3 is 2.28 bits per heavy atom. The monoisotopic (exact) mass is 247 g/mol. The number of ether oxygens (including phenoxy) is 2. The molecule has 0 spiro atoms. The molecule has 2 rings (SSSR count). The van der Waals surface area contributed by atoms with Crippen LogP contribution in [0.3, 0.4) is 0 Å². The number of hydrogen-bond acceptors (Lipinski definition) is 4. The van der Waals surface area contributed by atoms with Crippen molar-refractivity contribution in [1.82, 2.24) is 10.2 Å². The molecule has 18 heavy (non-hydrogen) atoms. The summed E-state index contributed by atoms with van der Waals surface area (Å²) in [6, 6.07) is 3.80. The van der Waals surface area contributed by atoms with E-state index in [4.69, 9.17) is 15.2 Å². The maximum absolute atomic E-state index is 5.63. The highest BCUT2D eigenvalue weighted by Gasteiger charge is 2.17. The van der Waals surface area contributed by atoms with E-state index in [0.29, 0.717) is 11.6 Å². The Kier molecular flexibility index (Phi) is 3.14. The zero-order chi connectivity index (χ0) is 13.3. The number of anilines is 1. The number of aromatic amines is 1. The van der Waals surface area contributed by atoms with Crippen LogP contribution in [0, 0.1) is 13.8 Å². The summed E-state index contributed by atoms with van der Waals surface area (Å²) in [6.07, 6.45) is 0. The van der Waals surface area contributed by atoms with Gasteiger partial charge in [-0.2, -0.15) is 5.10 Å². The Bertz CT molecular complexity index is 576. The molecule has 0 aliphatic heterocycles. The molecule has 0 fully saturated rings. The lowest BCUT2D eigenvalue weighted by Crippen LogP contribution is -1.98. The third-order valence-electron chi connectivity index (χ3n) is 3.04. The SMILES string of the molecule is COc1c(-c2cc(N)n[nH]2)cc(C)c(C)c1OC. The second-order valence-corrected chi connectivity index (χ2v) is 4.14. The average molecular weight is 247 g/mol. The molecule has 1 aromatic heterocycles. The van der Waals surface area contributed by atoms with Gasteiger partial charge < -0.3 is 15.2 Å². The highest BCUT2D eigenvalue weighted by molar-refractivity contribution is 5.75. The van der Waals surface area contributed by atoms with Gasteiger partial charge in [0.25, 0.3) is 0 Å². The number of nitrogens with two attached hydrogens (primary N) is 1. The van der Waals surface area contributed by atoms with Crippen molar-refractivity contribution in [2.75, 3.05) is 20.0 Å². The van der Waals surface area contributed by atoms with E-state index in [9.17, 15) is 0 Å². The van der Waals surface area contributed by atoms with E-state index in [1.165, 1.54) is 0 Å². The first kappa shape index (κ1) is 12.3. The van der Waals surface area contributed by atoms with Gasteiger partial charge in [0.05, 0.1) is 19.9 Å². The van der Waals surface area contributed by atoms with Crippen LogP contribution in [0.1, 0.15) is 11.1 Å². The summed E-state index contributed by atoms with van der Waals surface area (Å²) in [7, 11) is 3.26. The van der Waals surface area contributed by atoms with Crippen molar-refractivity contribution < 1.29 is 9.47 Å². The van der Waals surface area contributed by atoms with Crippen molar-refractivity contribution in [2.45, 2.75) is 13.8 Å². The number of H-pyrrole nitrogens is 1. The molecule has 0 unspecified atom stereocenters. The van der Waals surface area contributed by atoms with Crippen LogP contribution in [0.2, 0.25) is 0 Å². The Morgan fingerprint density at radius 2 is 1.78 bits per heavy atom. The van der Waals surface area contributed by atoms with Crippen LogP contribution in [-0.4, -0.2) is 24.4 Å². The van der Waals surface area contributed by atoms with E-state index >= 15 is 0 Å². The van der Waals surface area contributed by atoms with Gasteiger partial charge in [-0.05, 0) is 31.0 Å². The molecular formula is C13H17N3O2. The highest BCUT2D eigenvalue weighted by Crippen LogP contribution is 2.41. The molecule has 0 aliphatic carbocycles. The maximum Gasteiger partial charge on any atom is 0.170 e. The summed E-state index contributed by atoms with van der Waals surface area (Å²) >= 11 is 0. The van der Waals surface area contributed by atoms with E-state index in [2.05, 4.69) is 10.2 Å². The predicted molar refractivity (Wildman–Crippen MR) is 71.0 cm³/mol. The van der Waals surface area contributed by atoms with Crippen LogP contribution in [-0.2, 0) is 0 Å². The number of aryl methyl sites for hydroxylation is 1. The normalized spacial score (nSPS) is 10.4. The summed E-state index contributed by atoms with van der Waals surface area (Å²) in [5, 5.41) is 6.82. The molecule has 5 heteroatoms. The van der Waals surface area contributed by atoms with E-state index in [1.807, 2.05) is 19.9 Å². The van der Waals surface area contributed by atoms with E-state index in [0.717, 1.165) is 28.1 Å². The molecule has 0 saturated carbocycles. The maximum atomic E-state index is 5.63. The van der Waals surface area contributed by atoms with Crippen molar-refractivity contribution in [3.63, 3.8) is 0 Å². The fourth-order valence-corrected chi connectivity index (χ4v) is 1.99. The van der Waals surface area contributed by atoms with E-state index < -0.39 is 0 Å². The molecule has 0 aliphatic rings. The van der Waals surface area contributed by atoms with Gasteiger partial charge in [0, 0.05) is 11.6 Å². The molecule has 1 aromatic carbocycles. The van der Waals surface area contributed by atoms with E-state index in [1.54, 1.807) is 20.3 Å². The van der Waals surface area contributed by atoms with Gasteiger partial charge in [-0.15, -0.1) is 0 Å².